The van der Waals surface area contributed by atoms with E-state index < -0.39 is 0 Å². The molecule has 82 valence electrons. The molecule has 0 radical (unpaired) electrons. The highest BCUT2D eigenvalue weighted by atomic mass is 16.2. The van der Waals surface area contributed by atoms with Crippen LogP contribution in [0.1, 0.15) is 16.9 Å². The van der Waals surface area contributed by atoms with Crippen LogP contribution in [-0.4, -0.2) is 40.4 Å². The van der Waals surface area contributed by atoms with Gasteiger partial charge in [-0.3, -0.25) is 14.3 Å². The van der Waals surface area contributed by atoms with E-state index in [0.29, 0.717) is 31.6 Å². The number of hydrogen-bond donors (Lipinski definition) is 2. The number of aryl methyl sites for hydroxylation is 1. The second kappa shape index (κ2) is 5.74. The van der Waals surface area contributed by atoms with Crippen molar-refractivity contribution in [1.29, 1.82) is 0 Å². The number of amides is 2. The monoisotopic (exact) mass is 211 g/mol. The summed E-state index contributed by atoms with van der Waals surface area (Å²) in [6, 6.07) is 0. The van der Waals surface area contributed by atoms with Gasteiger partial charge < -0.3 is 10.6 Å². The largest absolute Gasteiger partial charge is 0.359 e. The molecule has 0 unspecified atom stereocenters. The Labute approximate surface area is 86.8 Å². The van der Waals surface area contributed by atoms with E-state index in [2.05, 4.69) is 20.9 Å². The summed E-state index contributed by atoms with van der Waals surface area (Å²) in [5.74, 6) is -0.255. The molecule has 1 aromatic rings. The SMILES string of the molecule is Cn1cc(C(=O)NCCCNC=O)nn1. The van der Waals surface area contributed by atoms with Gasteiger partial charge in [-0.05, 0) is 6.42 Å². The van der Waals surface area contributed by atoms with Gasteiger partial charge in [0.05, 0.1) is 6.20 Å². The molecule has 0 saturated heterocycles. The van der Waals surface area contributed by atoms with Gasteiger partial charge in [0.2, 0.25) is 6.41 Å². The van der Waals surface area contributed by atoms with E-state index in [-0.39, 0.29) is 5.91 Å². The predicted molar refractivity (Wildman–Crippen MR) is 52.0 cm³/mol. The Hall–Kier alpha value is -1.92. The lowest BCUT2D eigenvalue weighted by atomic mass is 10.4. The van der Waals surface area contributed by atoms with Gasteiger partial charge in [-0.1, -0.05) is 5.21 Å². The Morgan fingerprint density at radius 2 is 2.40 bits per heavy atom. The third-order valence-electron chi connectivity index (χ3n) is 1.70. The lowest BCUT2D eigenvalue weighted by Gasteiger charge is -2.01. The van der Waals surface area contributed by atoms with Crippen LogP contribution < -0.4 is 10.6 Å². The average molecular weight is 211 g/mol. The molecule has 15 heavy (non-hydrogen) atoms. The molecule has 0 aliphatic heterocycles. The van der Waals surface area contributed by atoms with Crippen LogP contribution in [0.2, 0.25) is 0 Å². The molecule has 1 heterocycles. The highest BCUT2D eigenvalue weighted by molar-refractivity contribution is 5.91. The van der Waals surface area contributed by atoms with Crippen LogP contribution in [0.15, 0.2) is 6.20 Å². The van der Waals surface area contributed by atoms with Crippen molar-refractivity contribution in [3.63, 3.8) is 0 Å². The molecule has 2 N–H and O–H groups in total. The molecule has 0 spiro atoms. The number of nitrogens with zero attached hydrogens (tertiary/aromatic N) is 3. The number of hydrogen-bond acceptors (Lipinski definition) is 4. The van der Waals surface area contributed by atoms with Gasteiger partial charge in [0.25, 0.3) is 5.91 Å². The van der Waals surface area contributed by atoms with Crippen molar-refractivity contribution in [3.05, 3.63) is 11.9 Å². The zero-order valence-corrected chi connectivity index (χ0v) is 8.43. The smallest absolute Gasteiger partial charge is 0.273 e. The summed E-state index contributed by atoms with van der Waals surface area (Å²) < 4.78 is 1.46. The number of rotatable bonds is 6. The predicted octanol–water partition coefficient (Wildman–Crippen LogP) is -1.32. The number of aromatic nitrogens is 3. The van der Waals surface area contributed by atoms with Gasteiger partial charge in [0.1, 0.15) is 0 Å². The molecule has 0 aliphatic rings. The summed E-state index contributed by atoms with van der Waals surface area (Å²) in [6.45, 7) is 1.04. The van der Waals surface area contributed by atoms with Crippen molar-refractivity contribution in [1.82, 2.24) is 25.6 Å². The first-order valence-corrected chi connectivity index (χ1v) is 4.55. The molecule has 7 heteroatoms. The van der Waals surface area contributed by atoms with Crippen LogP contribution >= 0.6 is 0 Å². The van der Waals surface area contributed by atoms with E-state index in [0.717, 1.165) is 0 Å². The fourth-order valence-corrected chi connectivity index (χ4v) is 0.993. The van der Waals surface area contributed by atoms with Gasteiger partial charge in [-0.15, -0.1) is 5.10 Å². The van der Waals surface area contributed by atoms with E-state index in [9.17, 15) is 9.59 Å². The Balaban J connectivity index is 2.22. The van der Waals surface area contributed by atoms with E-state index in [1.165, 1.54) is 4.68 Å². The van der Waals surface area contributed by atoms with E-state index in [1.54, 1.807) is 13.2 Å². The highest BCUT2D eigenvalue weighted by Gasteiger charge is 2.07. The lowest BCUT2D eigenvalue weighted by molar-refractivity contribution is -0.109. The van der Waals surface area contributed by atoms with Crippen LogP contribution in [-0.2, 0) is 11.8 Å². The molecule has 7 nitrogen and oxygen atoms in total. The fourth-order valence-electron chi connectivity index (χ4n) is 0.993. The normalized spacial score (nSPS) is 9.67. The quantitative estimate of drug-likeness (QED) is 0.451. The standard InChI is InChI=1S/C8H13N5O2/c1-13-5-7(11-12-13)8(15)10-4-2-3-9-6-14/h5-6H,2-4H2,1H3,(H,9,14)(H,10,15). The van der Waals surface area contributed by atoms with Crippen molar-refractivity contribution in [2.24, 2.45) is 7.05 Å². The Morgan fingerprint density at radius 3 is 3.00 bits per heavy atom. The van der Waals surface area contributed by atoms with Crippen LogP contribution in [0.3, 0.4) is 0 Å². The molecule has 1 aromatic heterocycles. The van der Waals surface area contributed by atoms with Gasteiger partial charge in [-0.2, -0.15) is 0 Å². The molecule has 0 atom stereocenters. The molecular formula is C8H13N5O2. The number of nitrogens with one attached hydrogen (secondary N) is 2. The number of carbonyl (C=O) groups excluding carboxylic acids is 2. The fraction of sp³-hybridized carbons (Fsp3) is 0.500. The Kier molecular flexibility index (Phi) is 4.27. The number of carbonyl (C=O) groups is 2. The summed E-state index contributed by atoms with van der Waals surface area (Å²) in [5, 5.41) is 12.5. The third kappa shape index (κ3) is 3.75. The molecule has 2 amide bonds. The van der Waals surface area contributed by atoms with Gasteiger partial charge in [0, 0.05) is 20.1 Å². The molecule has 0 aromatic carbocycles. The molecule has 0 aliphatic carbocycles. The summed E-state index contributed by atoms with van der Waals surface area (Å²) >= 11 is 0. The minimum Gasteiger partial charge on any atom is -0.359 e. The van der Waals surface area contributed by atoms with Gasteiger partial charge >= 0.3 is 0 Å². The topological polar surface area (TPSA) is 88.9 Å². The van der Waals surface area contributed by atoms with Gasteiger partial charge in [0.15, 0.2) is 5.69 Å². The third-order valence-corrected chi connectivity index (χ3v) is 1.70. The Morgan fingerprint density at radius 1 is 1.60 bits per heavy atom. The minimum absolute atomic E-state index is 0.255. The van der Waals surface area contributed by atoms with Crippen LogP contribution in [0.4, 0.5) is 0 Å². The first-order chi connectivity index (χ1) is 7.24. The van der Waals surface area contributed by atoms with E-state index in [1.807, 2.05) is 0 Å². The second-order valence-corrected chi connectivity index (χ2v) is 2.96. The first-order valence-electron chi connectivity index (χ1n) is 4.55. The van der Waals surface area contributed by atoms with E-state index in [4.69, 9.17) is 0 Å². The zero-order chi connectivity index (χ0) is 11.1. The molecular weight excluding hydrogens is 198 g/mol. The maximum Gasteiger partial charge on any atom is 0.273 e. The zero-order valence-electron chi connectivity index (χ0n) is 8.43. The lowest BCUT2D eigenvalue weighted by Crippen LogP contribution is -2.27. The molecule has 0 fully saturated rings. The van der Waals surface area contributed by atoms with E-state index >= 15 is 0 Å². The maximum atomic E-state index is 11.4. The summed E-state index contributed by atoms with van der Waals surface area (Å²) in [6.07, 6.45) is 2.86. The van der Waals surface area contributed by atoms with Crippen molar-refractivity contribution in [3.8, 4) is 0 Å². The van der Waals surface area contributed by atoms with Crippen LogP contribution in [0, 0.1) is 0 Å². The maximum absolute atomic E-state index is 11.4. The van der Waals surface area contributed by atoms with Gasteiger partial charge in [-0.25, -0.2) is 0 Å². The first kappa shape index (κ1) is 11.2. The molecule has 0 bridgehead atoms. The summed E-state index contributed by atoms with van der Waals surface area (Å²) in [4.78, 5) is 21.3. The highest BCUT2D eigenvalue weighted by Crippen LogP contribution is 1.90. The van der Waals surface area contributed by atoms with Crippen molar-refractivity contribution < 1.29 is 9.59 Å². The Bertz CT molecular complexity index is 336. The average Bonchev–Trinajstić information content (AvgIpc) is 2.64. The van der Waals surface area contributed by atoms with Crippen molar-refractivity contribution >= 4 is 12.3 Å². The summed E-state index contributed by atoms with van der Waals surface area (Å²) in [7, 11) is 1.69. The van der Waals surface area contributed by atoms with Crippen molar-refractivity contribution in [2.45, 2.75) is 6.42 Å². The molecule has 1 rings (SSSR count). The minimum atomic E-state index is -0.255. The van der Waals surface area contributed by atoms with Crippen molar-refractivity contribution in [2.75, 3.05) is 13.1 Å². The van der Waals surface area contributed by atoms with Crippen LogP contribution in [0.5, 0.6) is 0 Å². The molecule has 0 saturated carbocycles. The summed E-state index contributed by atoms with van der Waals surface area (Å²) in [5.41, 5.74) is 0.292. The van der Waals surface area contributed by atoms with Crippen LogP contribution in [0.25, 0.3) is 0 Å². The second-order valence-electron chi connectivity index (χ2n) is 2.96.